The topological polar surface area (TPSA) is 111 Å². The molecule has 2 saturated heterocycles. The Bertz CT molecular complexity index is 1110. The van der Waals surface area contributed by atoms with Crippen LogP contribution in [0, 0.1) is 17.8 Å². The van der Waals surface area contributed by atoms with Gasteiger partial charge in [-0.15, -0.1) is 0 Å². The highest BCUT2D eigenvalue weighted by atomic mass is 32.1. The van der Waals surface area contributed by atoms with Crippen LogP contribution in [0.15, 0.2) is 34.6 Å². The molecule has 0 radical (unpaired) electrons. The molecule has 0 aromatic heterocycles. The van der Waals surface area contributed by atoms with Crippen molar-refractivity contribution in [1.82, 2.24) is 10.6 Å². The smallest absolute Gasteiger partial charge is 0.324 e. The number of thiocarbonyl (C=S) groups is 2. The van der Waals surface area contributed by atoms with Crippen LogP contribution in [0.4, 0.5) is 0 Å². The van der Waals surface area contributed by atoms with E-state index >= 15 is 0 Å². The van der Waals surface area contributed by atoms with Gasteiger partial charge in [-0.1, -0.05) is 55.0 Å². The molecule has 0 bridgehead atoms. The van der Waals surface area contributed by atoms with Gasteiger partial charge < -0.3 is 15.8 Å². The van der Waals surface area contributed by atoms with Crippen LogP contribution >= 0.6 is 24.4 Å². The zero-order chi connectivity index (χ0) is 27.4. The molecule has 206 valence electrons. The first-order valence-corrected chi connectivity index (χ1v) is 14.6. The number of hydrogen-bond acceptors (Lipinski definition) is 9. The molecule has 7 nitrogen and oxygen atoms in total. The minimum absolute atomic E-state index is 0.000392. The van der Waals surface area contributed by atoms with Crippen LogP contribution in [0.2, 0.25) is 0 Å². The molecule has 9 heteroatoms. The highest BCUT2D eigenvalue weighted by molar-refractivity contribution is 7.80. The Kier molecular flexibility index (Phi) is 9.79. The van der Waals surface area contributed by atoms with Crippen molar-refractivity contribution < 1.29 is 19.1 Å². The Morgan fingerprint density at radius 2 is 1.79 bits per heavy atom. The van der Waals surface area contributed by atoms with E-state index in [9.17, 15) is 14.4 Å². The number of carbonyl (C=O) groups is 3. The maximum atomic E-state index is 13.5. The third-order valence-corrected chi connectivity index (χ3v) is 9.17. The summed E-state index contributed by atoms with van der Waals surface area (Å²) in [4.78, 5) is 40.2. The summed E-state index contributed by atoms with van der Waals surface area (Å²) in [6.07, 6.45) is 11.9. The molecule has 0 aromatic carbocycles. The van der Waals surface area contributed by atoms with Gasteiger partial charge in [0.15, 0.2) is 5.78 Å². The lowest BCUT2D eigenvalue weighted by atomic mass is 9.80. The van der Waals surface area contributed by atoms with E-state index in [1.165, 1.54) is 17.6 Å². The van der Waals surface area contributed by atoms with Crippen molar-refractivity contribution in [3.63, 3.8) is 0 Å². The van der Waals surface area contributed by atoms with Gasteiger partial charge in [-0.25, -0.2) is 0 Å². The highest BCUT2D eigenvalue weighted by Crippen LogP contribution is 2.37. The van der Waals surface area contributed by atoms with Crippen LogP contribution in [0.3, 0.4) is 0 Å². The lowest BCUT2D eigenvalue weighted by molar-refractivity contribution is -0.147. The fourth-order valence-electron chi connectivity index (χ4n) is 6.21. The highest BCUT2D eigenvalue weighted by Gasteiger charge is 2.49. The second kappa shape index (κ2) is 12.9. The third-order valence-electron chi connectivity index (χ3n) is 8.37. The molecule has 2 aliphatic carbocycles. The number of nitrogens with two attached hydrogens (primary N) is 1. The summed E-state index contributed by atoms with van der Waals surface area (Å²) in [6, 6.07) is -1.56. The predicted octanol–water partition coefficient (Wildman–Crippen LogP) is 3.45. The Labute approximate surface area is 236 Å². The predicted molar refractivity (Wildman–Crippen MR) is 156 cm³/mol. The average Bonchev–Trinajstić information content (AvgIpc) is 3.44. The maximum Gasteiger partial charge on any atom is 0.324 e. The quantitative estimate of drug-likeness (QED) is 0.211. The molecule has 4 N–H and O–H groups in total. The number of carbonyl (C=O) groups excluding carboxylic acids is 3. The van der Waals surface area contributed by atoms with Crippen molar-refractivity contribution in [3.05, 3.63) is 34.6 Å². The summed E-state index contributed by atoms with van der Waals surface area (Å²) in [5.41, 5.74) is 11.1. The second-order valence-corrected chi connectivity index (χ2v) is 11.9. The summed E-state index contributed by atoms with van der Waals surface area (Å²) in [6.45, 7) is 4.65. The molecule has 2 heterocycles. The van der Waals surface area contributed by atoms with Crippen LogP contribution in [-0.4, -0.2) is 59.0 Å². The normalized spacial score (nSPS) is 29.5. The number of ether oxygens (including phenoxy) is 1. The van der Waals surface area contributed by atoms with Crippen molar-refractivity contribution in [2.75, 3.05) is 19.7 Å². The SMILES string of the molecule is CCOC(=O)[C@H]1NCC(=S)C1C(=O)[C@H]1NCC(=S)C1C(=O)CCCCC1CCC2=C(C=C(C)C(N)=CC2)C1. The van der Waals surface area contributed by atoms with Gasteiger partial charge in [0.2, 0.25) is 0 Å². The molecule has 38 heavy (non-hydrogen) atoms. The molecule has 0 aromatic rings. The number of Topliss-reactive ketones (excluding diaryl/α,β-unsaturated/α-hetero) is 2. The summed E-state index contributed by atoms with van der Waals surface area (Å²) in [5.74, 6) is -1.57. The van der Waals surface area contributed by atoms with Crippen LogP contribution in [0.1, 0.15) is 65.2 Å². The van der Waals surface area contributed by atoms with Crippen molar-refractivity contribution in [1.29, 1.82) is 0 Å². The first-order chi connectivity index (χ1) is 18.2. The monoisotopic (exact) mass is 557 g/mol. The van der Waals surface area contributed by atoms with Gasteiger partial charge in [-0.05, 0) is 63.0 Å². The number of ketones is 2. The van der Waals surface area contributed by atoms with E-state index in [0.29, 0.717) is 35.2 Å². The van der Waals surface area contributed by atoms with E-state index in [4.69, 9.17) is 34.9 Å². The molecule has 0 amide bonds. The minimum atomic E-state index is -0.813. The molecule has 5 atom stereocenters. The van der Waals surface area contributed by atoms with Gasteiger partial charge in [-0.2, -0.15) is 0 Å². The lowest BCUT2D eigenvalue weighted by Gasteiger charge is -2.26. The maximum absolute atomic E-state index is 13.5. The average molecular weight is 558 g/mol. The third kappa shape index (κ3) is 6.38. The molecule has 2 aliphatic heterocycles. The summed E-state index contributed by atoms with van der Waals surface area (Å²) >= 11 is 10.9. The summed E-state index contributed by atoms with van der Waals surface area (Å²) < 4.78 is 5.13. The molecular weight excluding hydrogens is 518 g/mol. The molecule has 0 saturated carbocycles. The van der Waals surface area contributed by atoms with Crippen LogP contribution in [0.5, 0.6) is 0 Å². The molecular formula is C29H39N3O4S2. The number of nitrogens with one attached hydrogen (secondary N) is 2. The standard InChI is InChI=1S/C29H39N3O4S2/c1-3-36-29(35)27-25(23(38)15-32-27)28(34)26-24(22(37)14-31-26)21(33)7-5-4-6-17-8-9-18-10-11-20(30)16(2)12-19(18)13-17/h11-12,17,24-27,31-32H,3-10,13-15,30H2,1-2H3/t17?,24?,25?,26-,27-/m0/s1. The van der Waals surface area contributed by atoms with Gasteiger partial charge in [-0.3, -0.25) is 19.7 Å². The molecule has 4 rings (SSSR count). The molecule has 0 spiro atoms. The van der Waals surface area contributed by atoms with Gasteiger partial charge >= 0.3 is 5.97 Å². The van der Waals surface area contributed by atoms with E-state index in [2.05, 4.69) is 29.7 Å². The van der Waals surface area contributed by atoms with E-state index in [1.807, 2.05) is 0 Å². The van der Waals surface area contributed by atoms with Crippen molar-refractivity contribution in [2.24, 2.45) is 23.5 Å². The largest absolute Gasteiger partial charge is 0.465 e. The van der Waals surface area contributed by atoms with Crippen LogP contribution in [-0.2, 0) is 19.1 Å². The fraction of sp³-hybridized carbons (Fsp3) is 0.621. The van der Waals surface area contributed by atoms with Crippen LogP contribution < -0.4 is 16.4 Å². The van der Waals surface area contributed by atoms with E-state index in [0.717, 1.165) is 49.8 Å². The van der Waals surface area contributed by atoms with Gasteiger partial charge in [0, 0.05) is 34.9 Å². The Morgan fingerprint density at radius 1 is 1.08 bits per heavy atom. The van der Waals surface area contributed by atoms with Crippen molar-refractivity contribution in [2.45, 2.75) is 77.3 Å². The first kappa shape index (κ1) is 28.9. The molecule has 4 aliphatic rings. The fourth-order valence-corrected chi connectivity index (χ4v) is 6.90. The summed E-state index contributed by atoms with van der Waals surface area (Å²) in [7, 11) is 0. The zero-order valence-electron chi connectivity index (χ0n) is 22.3. The number of unbranched alkanes of at least 4 members (excludes halogenated alkanes) is 1. The van der Waals surface area contributed by atoms with Gasteiger partial charge in [0.25, 0.3) is 0 Å². The Morgan fingerprint density at radius 3 is 2.53 bits per heavy atom. The molecule has 2 fully saturated rings. The minimum Gasteiger partial charge on any atom is -0.465 e. The Hall–Kier alpha value is -2.07. The number of hydrogen-bond donors (Lipinski definition) is 3. The van der Waals surface area contributed by atoms with Crippen molar-refractivity contribution >= 4 is 51.7 Å². The van der Waals surface area contributed by atoms with E-state index in [1.54, 1.807) is 6.92 Å². The number of allylic oxidation sites excluding steroid dienone is 5. The lowest BCUT2D eigenvalue weighted by Crippen LogP contribution is -2.49. The summed E-state index contributed by atoms with van der Waals surface area (Å²) in [5, 5.41) is 6.13. The van der Waals surface area contributed by atoms with E-state index < -0.39 is 29.9 Å². The Balaban J connectivity index is 1.30. The van der Waals surface area contributed by atoms with Gasteiger partial charge in [0.05, 0.1) is 24.5 Å². The van der Waals surface area contributed by atoms with Crippen molar-refractivity contribution in [3.8, 4) is 0 Å². The van der Waals surface area contributed by atoms with Crippen LogP contribution in [0.25, 0.3) is 0 Å². The number of esters is 1. The van der Waals surface area contributed by atoms with E-state index in [-0.39, 0.29) is 18.2 Å². The zero-order valence-corrected chi connectivity index (χ0v) is 24.0. The first-order valence-electron chi connectivity index (χ1n) is 13.8. The molecule has 3 unspecified atom stereocenters. The van der Waals surface area contributed by atoms with Gasteiger partial charge in [0.1, 0.15) is 11.8 Å². The number of rotatable bonds is 10. The second-order valence-electron chi connectivity index (χ2n) is 10.9.